The lowest BCUT2D eigenvalue weighted by Crippen LogP contribution is -2.34. The Hall–Kier alpha value is -2.94. The molecule has 35 heavy (non-hydrogen) atoms. The molecule has 3 rings (SSSR count). The van der Waals surface area contributed by atoms with Crippen molar-refractivity contribution >= 4 is 0 Å². The van der Waals surface area contributed by atoms with Gasteiger partial charge in [0, 0.05) is 18.4 Å². The van der Waals surface area contributed by atoms with Gasteiger partial charge in [0.1, 0.15) is 28.5 Å². The van der Waals surface area contributed by atoms with Crippen molar-refractivity contribution in [2.75, 3.05) is 0 Å². The smallest absolute Gasteiger partial charge is 0.123 e. The SMILES string of the molecule is CCCc1ccccc1OC(C)(C)Cc1cccc(O)c1CC(C)(C)Oc1ccccc1CCC. The van der Waals surface area contributed by atoms with Gasteiger partial charge in [0.15, 0.2) is 0 Å². The molecule has 1 N–H and O–H groups in total. The molecule has 0 aliphatic rings. The summed E-state index contributed by atoms with van der Waals surface area (Å²) >= 11 is 0. The molecular weight excluding hydrogens is 432 g/mol. The van der Waals surface area contributed by atoms with Crippen molar-refractivity contribution in [3.8, 4) is 17.2 Å². The molecule has 0 aromatic heterocycles. The fourth-order valence-electron chi connectivity index (χ4n) is 4.70. The highest BCUT2D eigenvalue weighted by Gasteiger charge is 2.28. The second-order valence-electron chi connectivity index (χ2n) is 10.7. The van der Waals surface area contributed by atoms with Crippen molar-refractivity contribution in [1.82, 2.24) is 0 Å². The molecule has 0 fully saturated rings. The van der Waals surface area contributed by atoms with E-state index in [1.165, 1.54) is 11.1 Å². The molecule has 0 amide bonds. The maximum Gasteiger partial charge on any atom is 0.123 e. The van der Waals surface area contributed by atoms with Crippen LogP contribution in [0, 0.1) is 0 Å². The molecule has 0 radical (unpaired) electrons. The van der Waals surface area contributed by atoms with E-state index in [-0.39, 0.29) is 0 Å². The summed E-state index contributed by atoms with van der Waals surface area (Å²) in [7, 11) is 0. The van der Waals surface area contributed by atoms with Crippen LogP contribution in [-0.2, 0) is 25.7 Å². The number of hydrogen-bond acceptors (Lipinski definition) is 3. The van der Waals surface area contributed by atoms with Crippen molar-refractivity contribution in [3.05, 3.63) is 89.0 Å². The van der Waals surface area contributed by atoms with Crippen LogP contribution in [-0.4, -0.2) is 16.3 Å². The third-order valence-corrected chi connectivity index (χ3v) is 6.22. The van der Waals surface area contributed by atoms with Crippen LogP contribution >= 0.6 is 0 Å². The average Bonchev–Trinajstić information content (AvgIpc) is 2.79. The van der Waals surface area contributed by atoms with E-state index >= 15 is 0 Å². The van der Waals surface area contributed by atoms with Gasteiger partial charge in [-0.15, -0.1) is 0 Å². The highest BCUT2D eigenvalue weighted by atomic mass is 16.5. The predicted octanol–water partition coefficient (Wildman–Crippen LogP) is 8.10. The Kier molecular flexibility index (Phi) is 8.88. The number of phenolic OH excluding ortho intramolecular Hbond substituents is 1. The first-order valence-electron chi connectivity index (χ1n) is 13.0. The minimum atomic E-state index is -0.490. The Balaban J connectivity index is 1.82. The van der Waals surface area contributed by atoms with Crippen molar-refractivity contribution in [3.63, 3.8) is 0 Å². The fourth-order valence-corrected chi connectivity index (χ4v) is 4.70. The molecule has 0 heterocycles. The van der Waals surface area contributed by atoms with Crippen LogP contribution in [0.5, 0.6) is 17.2 Å². The van der Waals surface area contributed by atoms with Crippen LogP contribution in [0.2, 0.25) is 0 Å². The summed E-state index contributed by atoms with van der Waals surface area (Å²) in [5.41, 5.74) is 3.53. The normalized spacial score (nSPS) is 11.9. The van der Waals surface area contributed by atoms with Crippen molar-refractivity contribution in [1.29, 1.82) is 0 Å². The first-order chi connectivity index (χ1) is 16.6. The summed E-state index contributed by atoms with van der Waals surface area (Å²) in [6.07, 6.45) is 5.40. The quantitative estimate of drug-likeness (QED) is 0.288. The molecule has 3 heteroatoms. The number of rotatable bonds is 12. The summed E-state index contributed by atoms with van der Waals surface area (Å²) in [4.78, 5) is 0. The first kappa shape index (κ1) is 26.7. The van der Waals surface area contributed by atoms with Gasteiger partial charge < -0.3 is 14.6 Å². The molecule has 0 aliphatic carbocycles. The van der Waals surface area contributed by atoms with Gasteiger partial charge in [0.05, 0.1) is 0 Å². The van der Waals surface area contributed by atoms with Crippen LogP contribution in [0.1, 0.15) is 76.6 Å². The van der Waals surface area contributed by atoms with Crippen molar-refractivity contribution < 1.29 is 14.6 Å². The molecule has 0 saturated carbocycles. The first-order valence-corrected chi connectivity index (χ1v) is 13.0. The summed E-state index contributed by atoms with van der Waals surface area (Å²) in [6, 6.07) is 22.3. The molecule has 0 saturated heterocycles. The minimum Gasteiger partial charge on any atom is -0.508 e. The van der Waals surface area contributed by atoms with Gasteiger partial charge in [-0.1, -0.05) is 75.2 Å². The Bertz CT molecular complexity index is 1100. The molecule has 3 aromatic carbocycles. The van der Waals surface area contributed by atoms with E-state index in [1.54, 1.807) is 6.07 Å². The Morgan fingerprint density at radius 2 is 1.06 bits per heavy atom. The molecular formula is C32H42O3. The molecule has 0 bridgehead atoms. The molecule has 0 atom stereocenters. The van der Waals surface area contributed by atoms with Gasteiger partial charge in [-0.05, 0) is 75.4 Å². The van der Waals surface area contributed by atoms with Gasteiger partial charge in [-0.3, -0.25) is 0 Å². The predicted molar refractivity (Wildman–Crippen MR) is 146 cm³/mol. The third kappa shape index (κ3) is 7.52. The molecule has 188 valence electrons. The zero-order valence-electron chi connectivity index (χ0n) is 22.4. The van der Waals surface area contributed by atoms with E-state index in [1.807, 2.05) is 24.3 Å². The number of hydrogen-bond donors (Lipinski definition) is 1. The Morgan fingerprint density at radius 3 is 1.57 bits per heavy atom. The van der Waals surface area contributed by atoms with Gasteiger partial charge in [-0.2, -0.15) is 0 Å². The summed E-state index contributed by atoms with van der Waals surface area (Å²) in [5.74, 6) is 2.17. The maximum absolute atomic E-state index is 10.9. The lowest BCUT2D eigenvalue weighted by atomic mass is 9.88. The third-order valence-electron chi connectivity index (χ3n) is 6.22. The topological polar surface area (TPSA) is 38.7 Å². The maximum atomic E-state index is 10.9. The monoisotopic (exact) mass is 474 g/mol. The van der Waals surface area contributed by atoms with E-state index in [0.29, 0.717) is 18.6 Å². The lowest BCUT2D eigenvalue weighted by molar-refractivity contribution is 0.101. The number of benzene rings is 3. The van der Waals surface area contributed by atoms with Crippen molar-refractivity contribution in [2.45, 2.75) is 91.3 Å². The van der Waals surface area contributed by atoms with E-state index < -0.39 is 11.2 Å². The number of aromatic hydroxyl groups is 1. The van der Waals surface area contributed by atoms with Gasteiger partial charge >= 0.3 is 0 Å². The molecule has 3 nitrogen and oxygen atoms in total. The highest BCUT2D eigenvalue weighted by molar-refractivity contribution is 5.42. The van der Waals surface area contributed by atoms with E-state index in [2.05, 4.69) is 77.9 Å². The van der Waals surface area contributed by atoms with Crippen LogP contribution in [0.25, 0.3) is 0 Å². The zero-order chi connectivity index (χ0) is 25.5. The molecule has 3 aromatic rings. The Morgan fingerprint density at radius 1 is 0.600 bits per heavy atom. The molecule has 0 spiro atoms. The van der Waals surface area contributed by atoms with Crippen LogP contribution in [0.3, 0.4) is 0 Å². The second-order valence-corrected chi connectivity index (χ2v) is 10.7. The standard InChI is InChI=1S/C32H42O3/c1-7-14-24-16-9-11-20-29(24)34-31(3,4)22-26-18-13-19-28(33)27(26)23-32(5,6)35-30-21-12-10-17-25(30)15-8-2/h9-13,16-21,33H,7-8,14-15,22-23H2,1-6H3. The second kappa shape index (κ2) is 11.7. The Labute approximate surface area is 212 Å². The molecule has 0 aliphatic heterocycles. The van der Waals surface area contributed by atoms with E-state index in [0.717, 1.165) is 48.3 Å². The lowest BCUT2D eigenvalue weighted by Gasteiger charge is -2.32. The molecule has 0 unspecified atom stereocenters. The number of phenols is 1. The minimum absolute atomic E-state index is 0.309. The zero-order valence-corrected chi connectivity index (χ0v) is 22.4. The van der Waals surface area contributed by atoms with Gasteiger partial charge in [0.2, 0.25) is 0 Å². The van der Waals surface area contributed by atoms with Crippen LogP contribution < -0.4 is 9.47 Å². The van der Waals surface area contributed by atoms with Crippen LogP contribution in [0.15, 0.2) is 66.7 Å². The number of para-hydroxylation sites is 2. The van der Waals surface area contributed by atoms with Crippen molar-refractivity contribution in [2.24, 2.45) is 0 Å². The van der Waals surface area contributed by atoms with Gasteiger partial charge in [0.25, 0.3) is 0 Å². The van der Waals surface area contributed by atoms with Crippen LogP contribution in [0.4, 0.5) is 0 Å². The highest BCUT2D eigenvalue weighted by Crippen LogP contribution is 2.33. The van der Waals surface area contributed by atoms with Gasteiger partial charge in [-0.25, -0.2) is 0 Å². The largest absolute Gasteiger partial charge is 0.508 e. The van der Waals surface area contributed by atoms with E-state index in [9.17, 15) is 5.11 Å². The number of aryl methyl sites for hydroxylation is 2. The summed E-state index contributed by atoms with van der Waals surface area (Å²) in [6.45, 7) is 12.8. The average molecular weight is 475 g/mol. The fraction of sp³-hybridized carbons (Fsp3) is 0.438. The van der Waals surface area contributed by atoms with E-state index in [4.69, 9.17) is 9.47 Å². The number of ether oxygens (including phenoxy) is 2. The summed E-state index contributed by atoms with van der Waals surface area (Å²) < 4.78 is 13.1. The summed E-state index contributed by atoms with van der Waals surface area (Å²) in [5, 5.41) is 10.9.